The monoisotopic (exact) mass is 514 g/mol. The maximum absolute atomic E-state index is 13.8. The molecule has 2 N–H and O–H groups in total. The molecule has 0 aliphatic carbocycles. The van der Waals surface area contributed by atoms with E-state index in [2.05, 4.69) is 5.32 Å². The number of aliphatic hydroxyl groups excluding tert-OH is 1. The molecule has 38 heavy (non-hydrogen) atoms. The van der Waals surface area contributed by atoms with Crippen LogP contribution in [0.5, 0.6) is 11.5 Å². The third-order valence-corrected chi connectivity index (χ3v) is 6.50. The third kappa shape index (κ3) is 6.42. The number of hydrogen-bond acceptors (Lipinski definition) is 6. The van der Waals surface area contributed by atoms with E-state index in [1.54, 1.807) is 7.11 Å². The summed E-state index contributed by atoms with van der Waals surface area (Å²) in [7, 11) is 1.61. The second kappa shape index (κ2) is 12.9. The topological polar surface area (TPSA) is 89.4 Å². The van der Waals surface area contributed by atoms with Crippen LogP contribution in [0, 0.1) is 0 Å². The van der Waals surface area contributed by atoms with E-state index in [1.165, 1.54) is 0 Å². The molecular weight excluding hydrogens is 480 g/mol. The Morgan fingerprint density at radius 1 is 1.08 bits per heavy atom. The van der Waals surface area contributed by atoms with Crippen LogP contribution >= 0.6 is 0 Å². The molecule has 0 saturated heterocycles. The molecule has 4 rings (SSSR count). The van der Waals surface area contributed by atoms with Crippen molar-refractivity contribution in [2.45, 2.75) is 38.0 Å². The molecule has 1 amide bonds. The molecule has 3 aromatic rings. The van der Waals surface area contributed by atoms with Gasteiger partial charge in [-0.05, 0) is 42.8 Å². The number of carbonyl (C=O) groups excluding carboxylic acids is 1. The number of aliphatic imine (C=N–C) groups is 1. The Balaban J connectivity index is 1.58. The van der Waals surface area contributed by atoms with Gasteiger partial charge in [-0.15, -0.1) is 0 Å². The molecule has 0 unspecified atom stereocenters. The van der Waals surface area contributed by atoms with Gasteiger partial charge in [-0.25, -0.2) is 4.99 Å². The molecule has 0 fully saturated rings. The first-order valence-electron chi connectivity index (χ1n) is 12.8. The van der Waals surface area contributed by atoms with Crippen LogP contribution in [0.25, 0.3) is 6.08 Å². The standard InChI is InChI=1S/C31H34N2O5/c1-23-31(19-8-12-24-10-4-3-5-11-24,30(35)32-22-26-13-6-7-14-28(26)36-2)33-29(38-23)25-15-17-27(18-16-25)37-21-9-20-34/h3-8,10-18,23,34H,9,19-22H2,1-2H3,(H,32,35)/b12-8+/t23-,31-/m1/s1. The minimum absolute atomic E-state index is 0.0839. The fourth-order valence-electron chi connectivity index (χ4n) is 4.30. The number of ether oxygens (including phenoxy) is 3. The lowest BCUT2D eigenvalue weighted by Crippen LogP contribution is -2.50. The highest BCUT2D eigenvalue weighted by Crippen LogP contribution is 2.33. The Kier molecular flexibility index (Phi) is 9.16. The SMILES string of the molecule is COc1ccccc1CNC(=O)[C@]1(C/C=C/c2ccccc2)N=C(c2ccc(OCCCO)cc2)O[C@@H]1C. The first kappa shape index (κ1) is 26.9. The number of carbonyl (C=O) groups is 1. The summed E-state index contributed by atoms with van der Waals surface area (Å²) in [6.45, 7) is 2.71. The van der Waals surface area contributed by atoms with E-state index in [9.17, 15) is 4.79 Å². The van der Waals surface area contributed by atoms with Gasteiger partial charge in [0.1, 0.15) is 17.6 Å². The van der Waals surface area contributed by atoms with Crippen molar-refractivity contribution in [3.05, 3.63) is 102 Å². The molecule has 7 heteroatoms. The lowest BCUT2D eigenvalue weighted by Gasteiger charge is -2.27. The molecule has 2 atom stereocenters. The van der Waals surface area contributed by atoms with Gasteiger partial charge in [0.25, 0.3) is 5.91 Å². The maximum atomic E-state index is 13.8. The van der Waals surface area contributed by atoms with E-state index < -0.39 is 11.6 Å². The Morgan fingerprint density at radius 3 is 2.55 bits per heavy atom. The zero-order valence-corrected chi connectivity index (χ0v) is 21.8. The number of benzene rings is 3. The summed E-state index contributed by atoms with van der Waals surface area (Å²) in [6, 6.07) is 24.9. The van der Waals surface area contributed by atoms with Crippen molar-refractivity contribution < 1.29 is 24.1 Å². The van der Waals surface area contributed by atoms with Gasteiger partial charge in [0.2, 0.25) is 5.90 Å². The Hall–Kier alpha value is -4.10. The van der Waals surface area contributed by atoms with Gasteiger partial charge in [0.05, 0.1) is 13.7 Å². The van der Waals surface area contributed by atoms with E-state index in [0.29, 0.717) is 43.4 Å². The summed E-state index contributed by atoms with van der Waals surface area (Å²) in [6.07, 6.45) is 4.41. The molecule has 1 aliphatic heterocycles. The molecule has 1 heterocycles. The van der Waals surface area contributed by atoms with Gasteiger partial charge in [0, 0.05) is 37.1 Å². The summed E-state index contributed by atoms with van der Waals surface area (Å²) >= 11 is 0. The van der Waals surface area contributed by atoms with Crippen molar-refractivity contribution in [2.24, 2.45) is 4.99 Å². The van der Waals surface area contributed by atoms with Crippen LogP contribution in [0.15, 0.2) is 89.9 Å². The normalized spacial score (nSPS) is 18.6. The van der Waals surface area contributed by atoms with Crippen molar-refractivity contribution >= 4 is 17.9 Å². The zero-order chi connectivity index (χ0) is 26.8. The van der Waals surface area contributed by atoms with Crippen molar-refractivity contribution in [3.63, 3.8) is 0 Å². The van der Waals surface area contributed by atoms with Crippen molar-refractivity contribution in [1.82, 2.24) is 5.32 Å². The van der Waals surface area contributed by atoms with Crippen LogP contribution in [0.2, 0.25) is 0 Å². The Bertz CT molecular complexity index is 1260. The molecular formula is C31H34N2O5. The zero-order valence-electron chi connectivity index (χ0n) is 21.8. The van der Waals surface area contributed by atoms with Crippen molar-refractivity contribution in [2.75, 3.05) is 20.3 Å². The van der Waals surface area contributed by atoms with E-state index >= 15 is 0 Å². The molecule has 0 saturated carbocycles. The van der Waals surface area contributed by atoms with Gasteiger partial charge in [-0.2, -0.15) is 0 Å². The second-order valence-electron chi connectivity index (χ2n) is 9.06. The van der Waals surface area contributed by atoms with Gasteiger partial charge in [0.15, 0.2) is 5.54 Å². The number of amides is 1. The van der Waals surface area contributed by atoms with Crippen LogP contribution in [-0.2, 0) is 16.1 Å². The fourth-order valence-corrected chi connectivity index (χ4v) is 4.30. The molecule has 0 spiro atoms. The highest BCUT2D eigenvalue weighted by atomic mass is 16.5. The van der Waals surface area contributed by atoms with Crippen molar-refractivity contribution in [1.29, 1.82) is 0 Å². The average molecular weight is 515 g/mol. The largest absolute Gasteiger partial charge is 0.496 e. The minimum Gasteiger partial charge on any atom is -0.496 e. The van der Waals surface area contributed by atoms with Crippen LogP contribution < -0.4 is 14.8 Å². The summed E-state index contributed by atoms with van der Waals surface area (Å²) in [5, 5.41) is 12.0. The number of aliphatic hydroxyl groups is 1. The van der Waals surface area contributed by atoms with Crippen LogP contribution in [-0.4, -0.2) is 48.9 Å². The Labute approximate surface area is 223 Å². The smallest absolute Gasteiger partial charge is 0.252 e. The quantitative estimate of drug-likeness (QED) is 0.340. The predicted octanol–water partition coefficient (Wildman–Crippen LogP) is 4.78. The van der Waals surface area contributed by atoms with Gasteiger partial charge >= 0.3 is 0 Å². The van der Waals surface area contributed by atoms with E-state index in [0.717, 1.165) is 16.7 Å². The first-order chi connectivity index (χ1) is 18.6. The van der Waals surface area contributed by atoms with E-state index in [1.807, 2.05) is 97.9 Å². The average Bonchev–Trinajstić information content (AvgIpc) is 3.30. The first-order valence-corrected chi connectivity index (χ1v) is 12.8. The highest BCUT2D eigenvalue weighted by molar-refractivity contribution is 6.00. The third-order valence-electron chi connectivity index (χ3n) is 6.50. The van der Waals surface area contributed by atoms with Gasteiger partial charge < -0.3 is 24.6 Å². The fraction of sp³-hybridized carbons (Fsp3) is 0.290. The van der Waals surface area contributed by atoms with Gasteiger partial charge in [-0.3, -0.25) is 4.79 Å². The minimum atomic E-state index is -1.14. The number of para-hydroxylation sites is 1. The molecule has 3 aromatic carbocycles. The van der Waals surface area contributed by atoms with Crippen LogP contribution in [0.1, 0.15) is 36.5 Å². The van der Waals surface area contributed by atoms with E-state index in [4.69, 9.17) is 24.3 Å². The van der Waals surface area contributed by atoms with Crippen LogP contribution in [0.3, 0.4) is 0 Å². The highest BCUT2D eigenvalue weighted by Gasteiger charge is 2.49. The number of nitrogens with zero attached hydrogens (tertiary/aromatic N) is 1. The summed E-state index contributed by atoms with van der Waals surface area (Å²) in [4.78, 5) is 18.6. The lowest BCUT2D eigenvalue weighted by atomic mass is 9.88. The molecule has 1 aliphatic rings. The second-order valence-corrected chi connectivity index (χ2v) is 9.06. The number of methoxy groups -OCH3 is 1. The molecule has 7 nitrogen and oxygen atoms in total. The summed E-state index contributed by atoms with van der Waals surface area (Å²) < 4.78 is 17.2. The summed E-state index contributed by atoms with van der Waals surface area (Å²) in [5.41, 5.74) is 1.55. The Morgan fingerprint density at radius 2 is 1.82 bits per heavy atom. The molecule has 0 aromatic heterocycles. The van der Waals surface area contributed by atoms with Gasteiger partial charge in [-0.1, -0.05) is 60.7 Å². The maximum Gasteiger partial charge on any atom is 0.252 e. The molecule has 198 valence electrons. The van der Waals surface area contributed by atoms with E-state index in [-0.39, 0.29) is 12.5 Å². The predicted molar refractivity (Wildman–Crippen MR) is 148 cm³/mol. The number of hydrogen-bond donors (Lipinski definition) is 2. The number of rotatable bonds is 12. The summed E-state index contributed by atoms with van der Waals surface area (Å²) in [5.74, 6) is 1.61. The molecule has 0 bridgehead atoms. The van der Waals surface area contributed by atoms with Crippen LogP contribution in [0.4, 0.5) is 0 Å². The van der Waals surface area contributed by atoms with Crippen molar-refractivity contribution in [3.8, 4) is 11.5 Å². The molecule has 0 radical (unpaired) electrons. The number of nitrogens with one attached hydrogen (secondary N) is 1. The lowest BCUT2D eigenvalue weighted by molar-refractivity contribution is -0.128.